The third-order valence-corrected chi connectivity index (χ3v) is 3.44. The fourth-order valence-corrected chi connectivity index (χ4v) is 2.35. The SMILES string of the molecule is CCCN(CC)CCNc1cc2c(cc1N)OCCO2. The van der Waals surface area contributed by atoms with E-state index in [4.69, 9.17) is 15.2 Å². The molecule has 0 fully saturated rings. The zero-order valence-corrected chi connectivity index (χ0v) is 12.4. The van der Waals surface area contributed by atoms with Gasteiger partial charge in [-0.25, -0.2) is 0 Å². The number of rotatable bonds is 7. The molecule has 1 aromatic rings. The highest BCUT2D eigenvalue weighted by Gasteiger charge is 2.14. The van der Waals surface area contributed by atoms with E-state index in [0.717, 1.165) is 43.4 Å². The van der Waals surface area contributed by atoms with Gasteiger partial charge in [-0.2, -0.15) is 0 Å². The Balaban J connectivity index is 1.92. The van der Waals surface area contributed by atoms with Gasteiger partial charge in [0.25, 0.3) is 0 Å². The fraction of sp³-hybridized carbons (Fsp3) is 0.600. The summed E-state index contributed by atoms with van der Waals surface area (Å²) in [6.07, 6.45) is 1.18. The largest absolute Gasteiger partial charge is 0.486 e. The number of fused-ring (bicyclic) bond motifs is 1. The number of benzene rings is 1. The molecule has 0 aliphatic carbocycles. The molecule has 0 aromatic heterocycles. The van der Waals surface area contributed by atoms with Crippen molar-refractivity contribution in [3.8, 4) is 11.5 Å². The first-order valence-corrected chi connectivity index (χ1v) is 7.40. The summed E-state index contributed by atoms with van der Waals surface area (Å²) < 4.78 is 11.1. The number of ether oxygens (including phenoxy) is 2. The van der Waals surface area contributed by atoms with E-state index in [1.165, 1.54) is 6.42 Å². The standard InChI is InChI=1S/C15H25N3O2/c1-3-6-18(4-2)7-5-17-13-11-15-14(10-12(13)16)19-8-9-20-15/h10-11,17H,3-9,16H2,1-2H3. The maximum Gasteiger partial charge on any atom is 0.163 e. The fourth-order valence-electron chi connectivity index (χ4n) is 2.35. The molecule has 0 unspecified atom stereocenters. The highest BCUT2D eigenvalue weighted by atomic mass is 16.6. The van der Waals surface area contributed by atoms with E-state index >= 15 is 0 Å². The Hall–Kier alpha value is -1.62. The van der Waals surface area contributed by atoms with Gasteiger partial charge in [0, 0.05) is 25.2 Å². The molecule has 5 nitrogen and oxygen atoms in total. The van der Waals surface area contributed by atoms with E-state index in [1.807, 2.05) is 12.1 Å². The Bertz CT molecular complexity index is 437. The van der Waals surface area contributed by atoms with E-state index in [9.17, 15) is 0 Å². The predicted molar refractivity (Wildman–Crippen MR) is 82.7 cm³/mol. The van der Waals surface area contributed by atoms with E-state index in [1.54, 1.807) is 0 Å². The van der Waals surface area contributed by atoms with E-state index in [0.29, 0.717) is 18.9 Å². The van der Waals surface area contributed by atoms with Gasteiger partial charge < -0.3 is 25.4 Å². The summed E-state index contributed by atoms with van der Waals surface area (Å²) in [5.41, 5.74) is 7.66. The van der Waals surface area contributed by atoms with Crippen molar-refractivity contribution in [1.29, 1.82) is 0 Å². The molecule has 1 aliphatic rings. The molecular formula is C15H25N3O2. The number of hydrogen-bond acceptors (Lipinski definition) is 5. The Labute approximate surface area is 121 Å². The van der Waals surface area contributed by atoms with Crippen LogP contribution in [0.1, 0.15) is 20.3 Å². The summed E-state index contributed by atoms with van der Waals surface area (Å²) in [5.74, 6) is 1.51. The molecule has 20 heavy (non-hydrogen) atoms. The topological polar surface area (TPSA) is 59.8 Å². The molecule has 1 heterocycles. The molecule has 2 rings (SSSR count). The zero-order valence-electron chi connectivity index (χ0n) is 12.4. The Morgan fingerprint density at radius 3 is 2.50 bits per heavy atom. The average Bonchev–Trinajstić information content (AvgIpc) is 2.46. The molecule has 5 heteroatoms. The predicted octanol–water partition coefficient (Wildman–Crippen LogP) is 2.18. The Morgan fingerprint density at radius 1 is 1.15 bits per heavy atom. The minimum Gasteiger partial charge on any atom is -0.486 e. The van der Waals surface area contributed by atoms with E-state index in [2.05, 4.69) is 24.1 Å². The van der Waals surface area contributed by atoms with Crippen LogP contribution in [0.5, 0.6) is 11.5 Å². The van der Waals surface area contributed by atoms with Gasteiger partial charge >= 0.3 is 0 Å². The van der Waals surface area contributed by atoms with Crippen molar-refractivity contribution in [3.63, 3.8) is 0 Å². The van der Waals surface area contributed by atoms with Crippen LogP contribution < -0.4 is 20.5 Å². The third-order valence-electron chi connectivity index (χ3n) is 3.44. The van der Waals surface area contributed by atoms with E-state index < -0.39 is 0 Å². The summed E-state index contributed by atoms with van der Waals surface area (Å²) in [6, 6.07) is 3.76. The second-order valence-electron chi connectivity index (χ2n) is 4.94. The number of nitrogens with two attached hydrogens (primary N) is 1. The van der Waals surface area contributed by atoms with Gasteiger partial charge in [-0.1, -0.05) is 13.8 Å². The molecule has 0 saturated heterocycles. The molecule has 0 atom stereocenters. The van der Waals surface area contributed by atoms with Crippen molar-refractivity contribution in [2.75, 3.05) is 50.4 Å². The molecule has 0 spiro atoms. The van der Waals surface area contributed by atoms with Crippen LogP contribution in [0, 0.1) is 0 Å². The number of anilines is 2. The summed E-state index contributed by atoms with van der Waals surface area (Å²) in [7, 11) is 0. The minimum atomic E-state index is 0.585. The van der Waals surface area contributed by atoms with Gasteiger partial charge in [-0.05, 0) is 19.5 Å². The van der Waals surface area contributed by atoms with Crippen LogP contribution in [0.25, 0.3) is 0 Å². The molecule has 0 radical (unpaired) electrons. The second-order valence-corrected chi connectivity index (χ2v) is 4.94. The van der Waals surface area contributed by atoms with Crippen molar-refractivity contribution in [1.82, 2.24) is 4.90 Å². The number of nitrogens with one attached hydrogen (secondary N) is 1. The lowest BCUT2D eigenvalue weighted by Gasteiger charge is -2.22. The first-order valence-electron chi connectivity index (χ1n) is 7.40. The van der Waals surface area contributed by atoms with Crippen LogP contribution in [-0.4, -0.2) is 44.3 Å². The first-order chi connectivity index (χ1) is 9.74. The Kier molecular flexibility index (Phi) is 5.35. The van der Waals surface area contributed by atoms with Gasteiger partial charge in [-0.15, -0.1) is 0 Å². The van der Waals surface area contributed by atoms with Crippen molar-refractivity contribution < 1.29 is 9.47 Å². The molecule has 0 amide bonds. The van der Waals surface area contributed by atoms with Crippen LogP contribution in [0.15, 0.2) is 12.1 Å². The van der Waals surface area contributed by atoms with Crippen LogP contribution >= 0.6 is 0 Å². The highest BCUT2D eigenvalue weighted by Crippen LogP contribution is 2.36. The van der Waals surface area contributed by atoms with Gasteiger partial charge in [-0.3, -0.25) is 0 Å². The number of hydrogen-bond donors (Lipinski definition) is 2. The molecule has 1 aromatic carbocycles. The van der Waals surface area contributed by atoms with E-state index in [-0.39, 0.29) is 0 Å². The normalized spacial score (nSPS) is 13.6. The second kappa shape index (κ2) is 7.24. The molecule has 0 bridgehead atoms. The summed E-state index contributed by atoms with van der Waals surface area (Å²) >= 11 is 0. The maximum atomic E-state index is 6.04. The zero-order chi connectivity index (χ0) is 14.4. The monoisotopic (exact) mass is 279 g/mol. The van der Waals surface area contributed by atoms with Crippen LogP contribution in [-0.2, 0) is 0 Å². The van der Waals surface area contributed by atoms with Crippen LogP contribution in [0.2, 0.25) is 0 Å². The number of nitrogens with zero attached hydrogens (tertiary/aromatic N) is 1. The van der Waals surface area contributed by atoms with Crippen molar-refractivity contribution >= 4 is 11.4 Å². The lowest BCUT2D eigenvalue weighted by atomic mass is 10.2. The van der Waals surface area contributed by atoms with Gasteiger partial charge in [0.2, 0.25) is 0 Å². The van der Waals surface area contributed by atoms with Gasteiger partial charge in [0.15, 0.2) is 11.5 Å². The summed E-state index contributed by atoms with van der Waals surface area (Å²) in [4.78, 5) is 2.42. The molecule has 1 aliphatic heterocycles. The van der Waals surface area contributed by atoms with Gasteiger partial charge in [0.05, 0.1) is 11.4 Å². The highest BCUT2D eigenvalue weighted by molar-refractivity contribution is 5.72. The number of nitrogen functional groups attached to an aromatic ring is 1. The average molecular weight is 279 g/mol. The molecule has 3 N–H and O–H groups in total. The van der Waals surface area contributed by atoms with Gasteiger partial charge in [0.1, 0.15) is 13.2 Å². The summed E-state index contributed by atoms with van der Waals surface area (Å²) in [6.45, 7) is 9.66. The third kappa shape index (κ3) is 3.70. The van der Waals surface area contributed by atoms with Crippen molar-refractivity contribution in [3.05, 3.63) is 12.1 Å². The van der Waals surface area contributed by atoms with Crippen LogP contribution in [0.3, 0.4) is 0 Å². The van der Waals surface area contributed by atoms with Crippen molar-refractivity contribution in [2.24, 2.45) is 0 Å². The summed E-state index contributed by atoms with van der Waals surface area (Å²) in [5, 5.41) is 3.38. The lowest BCUT2D eigenvalue weighted by Crippen LogP contribution is -2.29. The quantitative estimate of drug-likeness (QED) is 0.749. The minimum absolute atomic E-state index is 0.585. The van der Waals surface area contributed by atoms with Crippen molar-refractivity contribution in [2.45, 2.75) is 20.3 Å². The smallest absolute Gasteiger partial charge is 0.163 e. The Morgan fingerprint density at radius 2 is 1.85 bits per heavy atom. The molecular weight excluding hydrogens is 254 g/mol. The number of likely N-dealkylation sites (N-methyl/N-ethyl adjacent to an activating group) is 1. The molecule has 0 saturated carbocycles. The lowest BCUT2D eigenvalue weighted by molar-refractivity contribution is 0.172. The molecule has 112 valence electrons. The first kappa shape index (κ1) is 14.8. The maximum absolute atomic E-state index is 6.04. The van der Waals surface area contributed by atoms with Crippen LogP contribution in [0.4, 0.5) is 11.4 Å².